The molecule has 0 saturated heterocycles. The molecule has 0 amide bonds. The van der Waals surface area contributed by atoms with E-state index in [1.807, 2.05) is 65.2 Å². The third-order valence-corrected chi connectivity index (χ3v) is 13.2. The second kappa shape index (κ2) is 21.6. The van der Waals surface area contributed by atoms with Gasteiger partial charge in [0, 0.05) is 17.0 Å². The number of aromatic nitrogens is 1. The van der Waals surface area contributed by atoms with Crippen molar-refractivity contribution in [1.29, 1.82) is 0 Å². The molecular weight excluding hydrogens is 1070 g/mol. The van der Waals surface area contributed by atoms with E-state index in [1.165, 1.54) is 37.7 Å². The monoisotopic (exact) mass is 1100 g/mol. The number of ether oxygens (including phenoxy) is 1. The highest BCUT2D eigenvalue weighted by Crippen LogP contribution is 2.35. The normalized spacial score (nSPS) is 13.0. The van der Waals surface area contributed by atoms with Crippen molar-refractivity contribution >= 4 is 44.7 Å². The summed E-state index contributed by atoms with van der Waals surface area (Å²) in [5.41, 5.74) is -11.2. The molecule has 400 valence electrons. The molecule has 24 heteroatoms. The fourth-order valence-electron chi connectivity index (χ4n) is 9.59. The lowest BCUT2D eigenvalue weighted by Crippen LogP contribution is -2.81. The van der Waals surface area contributed by atoms with Crippen LogP contribution >= 0.6 is 0 Å². The Morgan fingerprint density at radius 2 is 0.753 bits per heavy atom. The summed E-state index contributed by atoms with van der Waals surface area (Å²) in [6.45, 7) is 0.223. The molecule has 3 nitrogen and oxygen atoms in total. The fraction of sp³-hybridized carbons (Fsp3) is 0.132. The Balaban J connectivity index is 0.000000215. The van der Waals surface area contributed by atoms with E-state index in [4.69, 9.17) is 4.74 Å². The van der Waals surface area contributed by atoms with Gasteiger partial charge < -0.3 is 4.74 Å². The molecule has 0 N–H and O–H groups in total. The van der Waals surface area contributed by atoms with Crippen LogP contribution in [0.1, 0.15) is 53.9 Å². The molecule has 1 saturated carbocycles. The molecule has 1 fully saturated rings. The van der Waals surface area contributed by atoms with Crippen molar-refractivity contribution in [3.8, 4) is 11.6 Å². The molecule has 7 aromatic carbocycles. The quantitative estimate of drug-likeness (QED) is 0.0341. The Morgan fingerprint density at radius 1 is 0.403 bits per heavy atom. The SMILES string of the molecule is Fc1c(F)c(F)c([B-](c2c(F)c(F)c(F)c(F)c2F)(c2c(F)c(F)c(F)c(F)c2F)c2c(F)c(F)c(F)c(F)c2F)c(F)c1F.O=C(C[n+]1c(Oc2ccc(C3CCCCC3)cc2)ccc2ccccc21)c1ccccc1. The van der Waals surface area contributed by atoms with Crippen LogP contribution in [0.25, 0.3) is 10.9 Å². The van der Waals surface area contributed by atoms with Crippen LogP contribution in [0.5, 0.6) is 11.6 Å². The summed E-state index contributed by atoms with van der Waals surface area (Å²) in [5, 5.41) is 1.08. The van der Waals surface area contributed by atoms with E-state index in [0.29, 0.717) is 17.4 Å². The standard InChI is InChI=1S/C29H28NO2.C24BF20/c31-28(25-12-5-2-6-13-25)21-30-27-14-8-7-11-24(27)17-20-29(30)32-26-18-15-23(16-19-26)22-9-3-1-4-10-22;26-5-1(6(27)14(35)21(42)13(5)34)25(2-7(28)15(36)22(43)16(37)8(2)29,3-9(30)17(38)23(44)18(39)10(3)31)4-11(32)19(40)24(45)20(41)12(4)33/h2,5-8,11-20,22H,1,3-4,9-10,21H2;/q+1;-1. The molecule has 0 bridgehead atoms. The molecule has 0 atom stereocenters. The van der Waals surface area contributed by atoms with E-state index in [-0.39, 0.29) is 12.3 Å². The van der Waals surface area contributed by atoms with Gasteiger partial charge in [0.1, 0.15) is 58.4 Å². The number of pyridine rings is 1. The number of Topliss-reactive ketones (excluding diaryl/α,β-unsaturated/α-hetero) is 1. The van der Waals surface area contributed by atoms with E-state index in [2.05, 4.69) is 30.3 Å². The van der Waals surface area contributed by atoms with Crippen LogP contribution in [-0.4, -0.2) is 11.9 Å². The highest BCUT2D eigenvalue weighted by atomic mass is 19.2. The molecule has 0 spiro atoms. The number of rotatable bonds is 10. The van der Waals surface area contributed by atoms with Gasteiger partial charge in [-0.3, -0.25) is 4.79 Å². The van der Waals surface area contributed by atoms with Gasteiger partial charge in [-0.05, 0) is 48.6 Å². The van der Waals surface area contributed by atoms with Gasteiger partial charge in [0.25, 0.3) is 0 Å². The van der Waals surface area contributed by atoms with Crippen LogP contribution in [-0.2, 0) is 6.54 Å². The first-order valence-electron chi connectivity index (χ1n) is 22.5. The summed E-state index contributed by atoms with van der Waals surface area (Å²) in [7, 11) is 0. The Kier molecular flexibility index (Phi) is 15.5. The predicted molar refractivity (Wildman–Crippen MR) is 236 cm³/mol. The van der Waals surface area contributed by atoms with Gasteiger partial charge in [0.05, 0.1) is 6.07 Å². The fourth-order valence-corrected chi connectivity index (χ4v) is 9.59. The van der Waals surface area contributed by atoms with E-state index < -0.39 is 144 Å². The lowest BCUT2D eigenvalue weighted by Gasteiger charge is -2.44. The molecular formula is C53H28BF20NO2. The molecule has 1 aromatic heterocycles. The van der Waals surface area contributed by atoms with Crippen LogP contribution in [0.15, 0.2) is 91.0 Å². The van der Waals surface area contributed by atoms with Gasteiger partial charge in [-0.2, -0.15) is 4.57 Å². The Labute approximate surface area is 420 Å². The molecule has 0 unspecified atom stereocenters. The predicted octanol–water partition coefficient (Wildman–Crippen LogP) is 12.7. The molecule has 1 aliphatic carbocycles. The zero-order valence-corrected chi connectivity index (χ0v) is 38.4. The third-order valence-electron chi connectivity index (χ3n) is 13.2. The molecule has 0 aliphatic heterocycles. The highest BCUT2D eigenvalue weighted by molar-refractivity contribution is 7.20. The minimum atomic E-state index is -7.22. The maximum atomic E-state index is 15.4. The first-order chi connectivity index (χ1) is 36.5. The number of fused-ring (bicyclic) bond motifs is 1. The van der Waals surface area contributed by atoms with Crippen LogP contribution < -0.4 is 31.2 Å². The zero-order chi connectivity index (χ0) is 56.1. The Morgan fingerprint density at radius 3 is 1.14 bits per heavy atom. The first-order valence-corrected chi connectivity index (χ1v) is 22.5. The molecule has 1 aliphatic rings. The maximum absolute atomic E-state index is 15.4. The van der Waals surface area contributed by atoms with Gasteiger partial charge in [-0.25, -0.2) is 87.8 Å². The van der Waals surface area contributed by atoms with E-state index in [0.717, 1.165) is 16.7 Å². The number of benzene rings is 7. The summed E-state index contributed by atoms with van der Waals surface area (Å²) in [6, 6.07) is 30.0. The summed E-state index contributed by atoms with van der Waals surface area (Å²) in [5.74, 6) is -69.2. The topological polar surface area (TPSA) is 30.2 Å². The lowest BCUT2D eigenvalue weighted by atomic mass is 9.12. The van der Waals surface area contributed by atoms with Crippen LogP contribution in [0, 0.1) is 116 Å². The van der Waals surface area contributed by atoms with Crippen molar-refractivity contribution in [1.82, 2.24) is 0 Å². The van der Waals surface area contributed by atoms with Gasteiger partial charge in [0.2, 0.25) is 17.8 Å². The minimum absolute atomic E-state index is 0.0597. The number of carbonyl (C=O) groups excluding carboxylic acids is 1. The van der Waals surface area contributed by atoms with Gasteiger partial charge in [-0.15, -0.1) is 21.9 Å². The second-order valence-electron chi connectivity index (χ2n) is 17.4. The first kappa shape index (κ1) is 55.3. The summed E-state index contributed by atoms with van der Waals surface area (Å²) in [4.78, 5) is 13.0. The van der Waals surface area contributed by atoms with Crippen molar-refractivity contribution in [2.45, 2.75) is 44.6 Å². The number of hydrogen-bond acceptors (Lipinski definition) is 2. The Bertz CT molecular complexity index is 3270. The van der Waals surface area contributed by atoms with E-state index >= 15 is 35.1 Å². The van der Waals surface area contributed by atoms with Crippen LogP contribution in [0.4, 0.5) is 87.8 Å². The molecule has 9 rings (SSSR count). The number of ketones is 1. The number of halogens is 20. The van der Waals surface area contributed by atoms with Gasteiger partial charge in [0.15, 0.2) is 69.8 Å². The summed E-state index contributed by atoms with van der Waals surface area (Å²) < 4.78 is 302. The summed E-state index contributed by atoms with van der Waals surface area (Å²) >= 11 is 0. The number of carbonyl (C=O) groups is 1. The third kappa shape index (κ3) is 9.38. The number of hydrogen-bond donors (Lipinski definition) is 0. The number of para-hydroxylation sites is 1. The zero-order valence-electron chi connectivity index (χ0n) is 38.4. The van der Waals surface area contributed by atoms with Crippen molar-refractivity contribution in [2.24, 2.45) is 0 Å². The molecule has 77 heavy (non-hydrogen) atoms. The highest BCUT2D eigenvalue weighted by Gasteiger charge is 2.52. The molecule has 1 heterocycles. The van der Waals surface area contributed by atoms with Gasteiger partial charge >= 0.3 is 5.88 Å². The summed E-state index contributed by atoms with van der Waals surface area (Å²) in [6.07, 6.45) is -0.629. The lowest BCUT2D eigenvalue weighted by molar-refractivity contribution is -0.661. The molecule has 0 radical (unpaired) electrons. The number of nitrogens with zero attached hydrogens (tertiary/aromatic N) is 1. The largest absolute Gasteiger partial charge is 0.405 e. The van der Waals surface area contributed by atoms with E-state index in [9.17, 15) is 57.5 Å². The van der Waals surface area contributed by atoms with Crippen molar-refractivity contribution in [3.05, 3.63) is 218 Å². The van der Waals surface area contributed by atoms with Gasteiger partial charge in [-0.1, -0.05) is 73.9 Å². The average Bonchev–Trinajstić information content (AvgIpc) is 3.44. The Hall–Kier alpha value is -7.92. The minimum Gasteiger partial charge on any atom is -0.405 e. The maximum Gasteiger partial charge on any atom is 0.374 e. The van der Waals surface area contributed by atoms with Crippen LogP contribution in [0.2, 0.25) is 0 Å². The van der Waals surface area contributed by atoms with Crippen LogP contribution in [0.3, 0.4) is 0 Å². The smallest absolute Gasteiger partial charge is 0.374 e. The second-order valence-corrected chi connectivity index (χ2v) is 17.4. The van der Waals surface area contributed by atoms with Crippen molar-refractivity contribution in [2.75, 3.05) is 0 Å². The average molecular weight is 1100 g/mol. The van der Waals surface area contributed by atoms with E-state index in [1.54, 1.807) is 0 Å². The molecule has 8 aromatic rings. The van der Waals surface area contributed by atoms with Crippen molar-refractivity contribution < 1.29 is 102 Å². The van der Waals surface area contributed by atoms with Crippen molar-refractivity contribution in [3.63, 3.8) is 0 Å².